The summed E-state index contributed by atoms with van der Waals surface area (Å²) < 4.78 is 41.3. The highest BCUT2D eigenvalue weighted by Crippen LogP contribution is 2.36. The number of anilines is 1. The van der Waals surface area contributed by atoms with Gasteiger partial charge in [-0.25, -0.2) is 22.8 Å². The zero-order valence-electron chi connectivity index (χ0n) is 21.4. The zero-order chi connectivity index (χ0) is 26.9. The van der Waals surface area contributed by atoms with Crippen molar-refractivity contribution in [2.75, 3.05) is 38.8 Å². The SMILES string of the molecule is COCC1(C)CCN(c2ccc(OC)c(S(=O)(=O)NC(=O)c3ccc4c(-n5cccn5)cccc4n3)c2)C1. The van der Waals surface area contributed by atoms with Crippen LogP contribution in [-0.4, -0.2) is 63.0 Å². The van der Waals surface area contributed by atoms with Gasteiger partial charge in [-0.1, -0.05) is 13.0 Å². The predicted octanol–water partition coefficient (Wildman–Crippen LogP) is 3.41. The van der Waals surface area contributed by atoms with Gasteiger partial charge in [-0.3, -0.25) is 4.79 Å². The fourth-order valence-electron chi connectivity index (χ4n) is 4.89. The summed E-state index contributed by atoms with van der Waals surface area (Å²) in [6, 6.07) is 15.4. The summed E-state index contributed by atoms with van der Waals surface area (Å²) in [5.41, 5.74) is 2.01. The number of fused-ring (bicyclic) bond motifs is 1. The van der Waals surface area contributed by atoms with Crippen molar-refractivity contribution in [1.82, 2.24) is 19.5 Å². The van der Waals surface area contributed by atoms with Crippen LogP contribution in [0.4, 0.5) is 5.69 Å². The summed E-state index contributed by atoms with van der Waals surface area (Å²) in [5, 5.41) is 5.03. The molecule has 1 atom stereocenters. The smallest absolute Gasteiger partial charge is 0.283 e. The molecule has 0 bridgehead atoms. The summed E-state index contributed by atoms with van der Waals surface area (Å²) in [7, 11) is -1.20. The van der Waals surface area contributed by atoms with Crippen LogP contribution in [0.2, 0.25) is 0 Å². The van der Waals surface area contributed by atoms with E-state index in [1.165, 1.54) is 19.2 Å². The van der Waals surface area contributed by atoms with Crippen molar-refractivity contribution >= 4 is 32.5 Å². The number of pyridine rings is 1. The Morgan fingerprint density at radius 2 is 1.97 bits per heavy atom. The number of carbonyl (C=O) groups excluding carboxylic acids is 1. The van der Waals surface area contributed by atoms with Gasteiger partial charge in [0.05, 0.1) is 24.9 Å². The van der Waals surface area contributed by atoms with Crippen molar-refractivity contribution in [2.24, 2.45) is 5.41 Å². The second-order valence-corrected chi connectivity index (χ2v) is 11.3. The molecule has 1 aliphatic rings. The maximum atomic E-state index is 13.4. The van der Waals surface area contributed by atoms with E-state index in [0.717, 1.165) is 36.3 Å². The van der Waals surface area contributed by atoms with Gasteiger partial charge in [0.15, 0.2) is 0 Å². The van der Waals surface area contributed by atoms with Crippen LogP contribution < -0.4 is 14.4 Å². The maximum absolute atomic E-state index is 13.4. The Balaban J connectivity index is 1.41. The molecule has 5 rings (SSSR count). The second kappa shape index (κ2) is 10.1. The lowest BCUT2D eigenvalue weighted by molar-refractivity contribution is 0.0977. The molecule has 1 fully saturated rings. The molecule has 1 N–H and O–H groups in total. The molecule has 198 valence electrons. The lowest BCUT2D eigenvalue weighted by Gasteiger charge is -2.25. The standard InChI is InChI=1S/C27H29N5O5S/c1-27(18-36-2)12-15-31(17-27)19-8-11-24(37-3)25(16-19)38(34,35)30-26(33)22-10-9-20-21(29-22)6-4-7-23(20)32-14-5-13-28-32/h4-11,13-14,16H,12,15,17-18H2,1-3H3,(H,30,33). The summed E-state index contributed by atoms with van der Waals surface area (Å²) in [4.78, 5) is 19.5. The third kappa shape index (κ3) is 4.94. The monoisotopic (exact) mass is 535 g/mol. The molecule has 2 aromatic heterocycles. The van der Waals surface area contributed by atoms with Gasteiger partial charge in [-0.2, -0.15) is 5.10 Å². The van der Waals surface area contributed by atoms with Crippen LogP contribution in [0.1, 0.15) is 23.8 Å². The quantitative estimate of drug-likeness (QED) is 0.365. The van der Waals surface area contributed by atoms with Crippen LogP contribution in [0.3, 0.4) is 0 Å². The molecule has 1 saturated heterocycles. The number of benzene rings is 2. The molecule has 1 unspecified atom stereocenters. The highest BCUT2D eigenvalue weighted by Gasteiger charge is 2.35. The van der Waals surface area contributed by atoms with Crippen LogP contribution in [0.15, 0.2) is 71.9 Å². The zero-order valence-corrected chi connectivity index (χ0v) is 22.2. The van der Waals surface area contributed by atoms with Gasteiger partial charge in [0.2, 0.25) is 0 Å². The van der Waals surface area contributed by atoms with Crippen molar-refractivity contribution < 1.29 is 22.7 Å². The summed E-state index contributed by atoms with van der Waals surface area (Å²) in [6.07, 6.45) is 4.40. The van der Waals surface area contributed by atoms with Crippen LogP contribution in [0, 0.1) is 5.41 Å². The Morgan fingerprint density at radius 3 is 2.71 bits per heavy atom. The van der Waals surface area contributed by atoms with Gasteiger partial charge in [-0.15, -0.1) is 0 Å². The van der Waals surface area contributed by atoms with E-state index in [-0.39, 0.29) is 21.8 Å². The first-order chi connectivity index (χ1) is 18.2. The fourth-order valence-corrected chi connectivity index (χ4v) is 6.04. The van der Waals surface area contributed by atoms with E-state index in [4.69, 9.17) is 9.47 Å². The lowest BCUT2D eigenvalue weighted by atomic mass is 9.91. The number of hydrogen-bond acceptors (Lipinski definition) is 8. The highest BCUT2D eigenvalue weighted by atomic mass is 32.2. The van der Waals surface area contributed by atoms with E-state index in [2.05, 4.69) is 26.6 Å². The van der Waals surface area contributed by atoms with E-state index in [9.17, 15) is 13.2 Å². The van der Waals surface area contributed by atoms with Crippen molar-refractivity contribution in [3.8, 4) is 11.4 Å². The number of methoxy groups -OCH3 is 2. The first-order valence-corrected chi connectivity index (χ1v) is 13.6. The summed E-state index contributed by atoms with van der Waals surface area (Å²) >= 11 is 0. The minimum atomic E-state index is -4.27. The third-order valence-corrected chi connectivity index (χ3v) is 8.12. The van der Waals surface area contributed by atoms with E-state index in [1.54, 1.807) is 42.3 Å². The molecule has 0 saturated carbocycles. The molecule has 2 aromatic carbocycles. The predicted molar refractivity (Wildman–Crippen MR) is 143 cm³/mol. The summed E-state index contributed by atoms with van der Waals surface area (Å²) in [6.45, 7) is 4.25. The normalized spacial score (nSPS) is 17.6. The van der Waals surface area contributed by atoms with Crippen molar-refractivity contribution in [2.45, 2.75) is 18.2 Å². The first-order valence-electron chi connectivity index (χ1n) is 12.1. The molecule has 11 heteroatoms. The number of ether oxygens (including phenoxy) is 2. The van der Waals surface area contributed by atoms with Gasteiger partial charge >= 0.3 is 0 Å². The number of sulfonamides is 1. The third-order valence-electron chi connectivity index (χ3n) is 6.77. The molecule has 3 heterocycles. The van der Waals surface area contributed by atoms with Gasteiger partial charge < -0.3 is 14.4 Å². The number of hydrogen-bond donors (Lipinski definition) is 1. The topological polar surface area (TPSA) is 116 Å². The van der Waals surface area contributed by atoms with Gasteiger partial charge in [0.25, 0.3) is 15.9 Å². The Bertz CT molecular complexity index is 1590. The molecular formula is C27H29N5O5S. The van der Waals surface area contributed by atoms with Gasteiger partial charge in [-0.05, 0) is 55.0 Å². The number of aromatic nitrogens is 3. The van der Waals surface area contributed by atoms with Gasteiger partial charge in [0, 0.05) is 49.1 Å². The lowest BCUT2D eigenvalue weighted by Crippen LogP contribution is -2.32. The summed E-state index contributed by atoms with van der Waals surface area (Å²) in [5.74, 6) is -0.694. The minimum absolute atomic E-state index is 0.0244. The number of carbonyl (C=O) groups is 1. The number of nitrogens with zero attached hydrogens (tertiary/aromatic N) is 4. The first kappa shape index (κ1) is 25.7. The van der Waals surface area contributed by atoms with Crippen LogP contribution in [-0.2, 0) is 14.8 Å². The molecule has 0 spiro atoms. The minimum Gasteiger partial charge on any atom is -0.495 e. The Hall–Kier alpha value is -3.96. The molecule has 4 aromatic rings. The van der Waals surface area contributed by atoms with Crippen molar-refractivity contribution in [1.29, 1.82) is 0 Å². The van der Waals surface area contributed by atoms with Crippen molar-refractivity contribution in [3.05, 3.63) is 72.7 Å². The van der Waals surface area contributed by atoms with E-state index < -0.39 is 15.9 Å². The highest BCUT2D eigenvalue weighted by molar-refractivity contribution is 7.90. The average Bonchev–Trinajstić information content (AvgIpc) is 3.58. The molecular weight excluding hydrogens is 506 g/mol. The molecule has 1 amide bonds. The van der Waals surface area contributed by atoms with Gasteiger partial charge in [0.1, 0.15) is 16.3 Å². The van der Waals surface area contributed by atoms with E-state index >= 15 is 0 Å². The fraction of sp³-hybridized carbons (Fsp3) is 0.296. The van der Waals surface area contributed by atoms with Crippen molar-refractivity contribution in [3.63, 3.8) is 0 Å². The second-order valence-electron chi connectivity index (χ2n) is 9.68. The largest absolute Gasteiger partial charge is 0.495 e. The van der Waals surface area contributed by atoms with Crippen LogP contribution in [0.5, 0.6) is 5.75 Å². The molecule has 38 heavy (non-hydrogen) atoms. The molecule has 10 nitrogen and oxygen atoms in total. The Morgan fingerprint density at radius 1 is 1.13 bits per heavy atom. The number of amides is 1. The number of rotatable bonds is 8. The van der Waals surface area contributed by atoms with Crippen LogP contribution in [0.25, 0.3) is 16.6 Å². The molecule has 1 aliphatic heterocycles. The Labute approximate surface area is 221 Å². The average molecular weight is 536 g/mol. The van der Waals surface area contributed by atoms with E-state index in [1.807, 2.05) is 24.4 Å². The maximum Gasteiger partial charge on any atom is 0.283 e. The van der Waals surface area contributed by atoms with E-state index in [0.29, 0.717) is 12.1 Å². The molecule has 0 radical (unpaired) electrons. The number of nitrogens with one attached hydrogen (secondary N) is 1. The molecule has 0 aliphatic carbocycles. The Kier molecular flexibility index (Phi) is 6.80. The van der Waals surface area contributed by atoms with Crippen LogP contribution >= 0.6 is 0 Å².